The average molecular weight is 277 g/mol. The van der Waals surface area contributed by atoms with E-state index in [2.05, 4.69) is 10.6 Å². The molecule has 0 aromatic heterocycles. The number of hydrogen-bond donors (Lipinski definition) is 3. The van der Waals surface area contributed by atoms with Gasteiger partial charge in [0.2, 0.25) is 0 Å². The van der Waals surface area contributed by atoms with Crippen LogP contribution in [0.1, 0.15) is 23.1 Å². The number of benzene rings is 1. The van der Waals surface area contributed by atoms with Gasteiger partial charge in [-0.25, -0.2) is 4.79 Å². The van der Waals surface area contributed by atoms with Crippen molar-refractivity contribution in [2.45, 2.75) is 25.8 Å². The van der Waals surface area contributed by atoms with Crippen LogP contribution in [-0.2, 0) is 10.3 Å². The molecule has 20 heavy (non-hydrogen) atoms. The molecule has 1 atom stereocenters. The number of amides is 3. The van der Waals surface area contributed by atoms with Crippen LogP contribution in [-0.4, -0.2) is 25.6 Å². The summed E-state index contributed by atoms with van der Waals surface area (Å²) in [6, 6.07) is 3.12. The second-order valence-corrected chi connectivity index (χ2v) is 4.92. The maximum atomic E-state index is 12.2. The molecule has 0 bridgehead atoms. The third-order valence-corrected chi connectivity index (χ3v) is 3.88. The topological polar surface area (TPSA) is 93.4 Å². The lowest BCUT2D eigenvalue weighted by Crippen LogP contribution is -2.46. The van der Waals surface area contributed by atoms with Crippen LogP contribution in [0.3, 0.4) is 0 Å². The van der Waals surface area contributed by atoms with E-state index in [1.165, 1.54) is 0 Å². The molecule has 6 nitrogen and oxygen atoms in total. The third-order valence-electron chi connectivity index (χ3n) is 3.88. The fourth-order valence-electron chi connectivity index (χ4n) is 2.69. The van der Waals surface area contributed by atoms with Gasteiger partial charge in [0.1, 0.15) is 11.3 Å². The van der Waals surface area contributed by atoms with E-state index in [0.717, 1.165) is 22.4 Å². The highest BCUT2D eigenvalue weighted by molar-refractivity contribution is 6.07. The smallest absolute Gasteiger partial charge is 0.322 e. The van der Waals surface area contributed by atoms with Gasteiger partial charge in [0, 0.05) is 0 Å². The Kier molecular flexibility index (Phi) is 3.67. The molecule has 6 heteroatoms. The normalized spacial score (nSPS) is 21.6. The van der Waals surface area contributed by atoms with Crippen LogP contribution in [0.5, 0.6) is 5.75 Å². The zero-order valence-electron chi connectivity index (χ0n) is 11.9. The highest BCUT2D eigenvalue weighted by Crippen LogP contribution is 2.34. The van der Waals surface area contributed by atoms with Gasteiger partial charge in [-0.05, 0) is 49.6 Å². The van der Waals surface area contributed by atoms with E-state index in [4.69, 9.17) is 10.5 Å². The summed E-state index contributed by atoms with van der Waals surface area (Å²) in [4.78, 5) is 23.8. The summed E-state index contributed by atoms with van der Waals surface area (Å²) in [5.41, 5.74) is 7.14. The second-order valence-electron chi connectivity index (χ2n) is 4.92. The van der Waals surface area contributed by atoms with Crippen LogP contribution in [0.4, 0.5) is 4.79 Å². The van der Waals surface area contributed by atoms with Gasteiger partial charge in [0.05, 0.1) is 7.11 Å². The lowest BCUT2D eigenvalue weighted by atomic mass is 9.82. The number of urea groups is 1. The largest absolute Gasteiger partial charge is 0.496 e. The molecular weight excluding hydrogens is 258 g/mol. The van der Waals surface area contributed by atoms with Gasteiger partial charge in [-0.3, -0.25) is 10.1 Å². The minimum atomic E-state index is -1.09. The van der Waals surface area contributed by atoms with Crippen LogP contribution in [0, 0.1) is 13.8 Å². The Morgan fingerprint density at radius 3 is 2.45 bits per heavy atom. The summed E-state index contributed by atoms with van der Waals surface area (Å²) in [6.45, 7) is 4.11. The fraction of sp³-hybridized carbons (Fsp3) is 0.429. The van der Waals surface area contributed by atoms with Crippen molar-refractivity contribution in [3.8, 4) is 5.75 Å². The summed E-state index contributed by atoms with van der Waals surface area (Å²) in [7, 11) is 1.60. The first kappa shape index (κ1) is 14.3. The van der Waals surface area contributed by atoms with Crippen LogP contribution in [0.25, 0.3) is 0 Å². The number of ether oxygens (including phenoxy) is 1. The Balaban J connectivity index is 2.59. The molecule has 0 saturated carbocycles. The van der Waals surface area contributed by atoms with Gasteiger partial charge in [-0.15, -0.1) is 0 Å². The summed E-state index contributed by atoms with van der Waals surface area (Å²) in [6.07, 6.45) is 0.344. The molecule has 1 saturated heterocycles. The molecule has 0 radical (unpaired) electrons. The molecule has 0 aliphatic carbocycles. The standard InChI is InChI=1S/C14H19N3O3/c1-8-9(2)11(20-3)5-4-10(8)14(6-7-15)12(18)16-13(19)17-14/h4-5H,6-7,15H2,1-3H3,(H2,16,17,18,19). The number of imide groups is 1. The van der Waals surface area contributed by atoms with E-state index in [9.17, 15) is 9.59 Å². The third kappa shape index (κ3) is 2.02. The number of rotatable bonds is 4. The monoisotopic (exact) mass is 277 g/mol. The van der Waals surface area contributed by atoms with Gasteiger partial charge in [0.25, 0.3) is 5.91 Å². The number of methoxy groups -OCH3 is 1. The summed E-state index contributed by atoms with van der Waals surface area (Å²) >= 11 is 0. The molecule has 1 aromatic rings. The SMILES string of the molecule is COc1ccc(C2(CCN)NC(=O)NC2=O)c(C)c1C. The maximum absolute atomic E-state index is 12.2. The molecule has 1 aliphatic heterocycles. The number of nitrogens with two attached hydrogens (primary N) is 1. The minimum absolute atomic E-state index is 0.290. The van der Waals surface area contributed by atoms with Gasteiger partial charge >= 0.3 is 6.03 Å². The molecule has 1 aromatic carbocycles. The fourth-order valence-corrected chi connectivity index (χ4v) is 2.69. The van der Waals surface area contributed by atoms with Crippen LogP contribution in [0.15, 0.2) is 12.1 Å². The van der Waals surface area contributed by atoms with Gasteiger partial charge in [-0.1, -0.05) is 6.07 Å². The quantitative estimate of drug-likeness (QED) is 0.706. The number of carbonyl (C=O) groups excluding carboxylic acids is 2. The highest BCUT2D eigenvalue weighted by Gasteiger charge is 2.47. The van der Waals surface area contributed by atoms with Crippen molar-refractivity contribution in [1.29, 1.82) is 0 Å². The number of hydrogen-bond acceptors (Lipinski definition) is 4. The van der Waals surface area contributed by atoms with Gasteiger partial charge in [0.15, 0.2) is 0 Å². The molecule has 1 fully saturated rings. The maximum Gasteiger partial charge on any atom is 0.322 e. The van der Waals surface area contributed by atoms with Gasteiger partial charge in [-0.2, -0.15) is 0 Å². The first-order valence-corrected chi connectivity index (χ1v) is 6.44. The number of carbonyl (C=O) groups is 2. The van der Waals surface area contributed by atoms with Crippen molar-refractivity contribution >= 4 is 11.9 Å². The second kappa shape index (κ2) is 5.13. The predicted octanol–water partition coefficient (Wildman–Crippen LogP) is 0.696. The van der Waals surface area contributed by atoms with E-state index in [-0.39, 0.29) is 12.5 Å². The molecule has 4 N–H and O–H groups in total. The summed E-state index contributed by atoms with van der Waals surface area (Å²) in [5.74, 6) is 0.388. The lowest BCUT2D eigenvalue weighted by Gasteiger charge is -2.28. The van der Waals surface area contributed by atoms with E-state index in [1.54, 1.807) is 13.2 Å². The van der Waals surface area contributed by atoms with Crippen LogP contribution in [0.2, 0.25) is 0 Å². The van der Waals surface area contributed by atoms with Crippen molar-refractivity contribution < 1.29 is 14.3 Å². The van der Waals surface area contributed by atoms with Crippen LogP contribution < -0.4 is 21.1 Å². The lowest BCUT2D eigenvalue weighted by molar-refractivity contribution is -0.124. The molecule has 0 spiro atoms. The Morgan fingerprint density at radius 1 is 1.25 bits per heavy atom. The van der Waals surface area contributed by atoms with E-state index in [1.807, 2.05) is 19.9 Å². The van der Waals surface area contributed by atoms with E-state index in [0.29, 0.717) is 6.42 Å². The molecule has 1 heterocycles. The van der Waals surface area contributed by atoms with Crippen molar-refractivity contribution in [3.05, 3.63) is 28.8 Å². The Labute approximate surface area is 117 Å². The zero-order valence-corrected chi connectivity index (χ0v) is 11.9. The van der Waals surface area contributed by atoms with Crippen molar-refractivity contribution in [3.63, 3.8) is 0 Å². The molecular formula is C14H19N3O3. The zero-order chi connectivity index (χ0) is 14.9. The first-order chi connectivity index (χ1) is 9.46. The van der Waals surface area contributed by atoms with Crippen molar-refractivity contribution in [2.75, 3.05) is 13.7 Å². The predicted molar refractivity (Wildman–Crippen MR) is 74.5 cm³/mol. The number of nitrogens with one attached hydrogen (secondary N) is 2. The molecule has 1 aliphatic rings. The van der Waals surface area contributed by atoms with E-state index >= 15 is 0 Å². The minimum Gasteiger partial charge on any atom is -0.496 e. The first-order valence-electron chi connectivity index (χ1n) is 6.44. The molecule has 3 amide bonds. The van der Waals surface area contributed by atoms with Crippen molar-refractivity contribution in [1.82, 2.24) is 10.6 Å². The average Bonchev–Trinajstić information content (AvgIpc) is 2.68. The molecule has 1 unspecified atom stereocenters. The van der Waals surface area contributed by atoms with E-state index < -0.39 is 11.6 Å². The van der Waals surface area contributed by atoms with Gasteiger partial charge < -0.3 is 15.8 Å². The molecule has 108 valence electrons. The summed E-state index contributed by atoms with van der Waals surface area (Å²) in [5, 5.41) is 5.01. The highest BCUT2D eigenvalue weighted by atomic mass is 16.5. The molecule has 2 rings (SSSR count). The summed E-state index contributed by atoms with van der Waals surface area (Å²) < 4.78 is 5.27. The Hall–Kier alpha value is -2.08. The Morgan fingerprint density at radius 2 is 1.95 bits per heavy atom. The Bertz CT molecular complexity index is 571. The van der Waals surface area contributed by atoms with Crippen LogP contribution >= 0.6 is 0 Å². The van der Waals surface area contributed by atoms with Crippen molar-refractivity contribution in [2.24, 2.45) is 5.73 Å².